The first-order valence-electron chi connectivity index (χ1n) is 6.48. The first-order valence-corrected chi connectivity index (χ1v) is 7.53. The summed E-state index contributed by atoms with van der Waals surface area (Å²) in [5, 5.41) is 8.22. The molecule has 2 rings (SSSR count). The Kier molecular flexibility index (Phi) is 4.79. The van der Waals surface area contributed by atoms with E-state index >= 15 is 0 Å². The number of piperidine rings is 1. The van der Waals surface area contributed by atoms with Crippen LogP contribution in [-0.2, 0) is 0 Å². The molecule has 2 aliphatic rings. The van der Waals surface area contributed by atoms with Gasteiger partial charge in [-0.05, 0) is 44.5 Å². The van der Waals surface area contributed by atoms with Gasteiger partial charge in [-0.25, -0.2) is 0 Å². The summed E-state index contributed by atoms with van der Waals surface area (Å²) in [6.07, 6.45) is 6.91. The Hall–Kier alpha value is 0.270. The first kappa shape index (κ1) is 11.7. The van der Waals surface area contributed by atoms with Crippen molar-refractivity contribution in [3.8, 4) is 0 Å². The maximum Gasteiger partial charge on any atom is 0.0201 e. The van der Waals surface area contributed by atoms with Crippen molar-refractivity contribution < 1.29 is 0 Å². The van der Waals surface area contributed by atoms with Crippen molar-refractivity contribution in [1.82, 2.24) is 10.6 Å². The molecule has 15 heavy (non-hydrogen) atoms. The summed E-state index contributed by atoms with van der Waals surface area (Å²) in [5.74, 6) is 1.27. The summed E-state index contributed by atoms with van der Waals surface area (Å²) in [5.41, 5.74) is 0. The Morgan fingerprint density at radius 3 is 2.73 bits per heavy atom. The Balaban J connectivity index is 1.76. The number of thioether (sulfide) groups is 1. The monoisotopic (exact) mass is 228 g/mol. The SMILES string of the molecule is CCSC1CCCC1NC1CCNCC1. The zero-order chi connectivity index (χ0) is 10.5. The largest absolute Gasteiger partial charge is 0.317 e. The summed E-state index contributed by atoms with van der Waals surface area (Å²) in [4.78, 5) is 0. The Morgan fingerprint density at radius 1 is 1.20 bits per heavy atom. The van der Waals surface area contributed by atoms with E-state index < -0.39 is 0 Å². The highest BCUT2D eigenvalue weighted by molar-refractivity contribution is 7.99. The molecule has 1 heterocycles. The second-order valence-electron chi connectivity index (χ2n) is 4.72. The predicted molar refractivity (Wildman–Crippen MR) is 68.6 cm³/mol. The Morgan fingerprint density at radius 2 is 2.00 bits per heavy atom. The molecule has 0 amide bonds. The minimum Gasteiger partial charge on any atom is -0.317 e. The number of nitrogens with one attached hydrogen (secondary N) is 2. The van der Waals surface area contributed by atoms with E-state index in [0.29, 0.717) is 0 Å². The van der Waals surface area contributed by atoms with Gasteiger partial charge in [0, 0.05) is 17.3 Å². The minimum absolute atomic E-state index is 0.786. The normalized spacial score (nSPS) is 33.4. The number of rotatable bonds is 4. The van der Waals surface area contributed by atoms with E-state index in [0.717, 1.165) is 17.3 Å². The highest BCUT2D eigenvalue weighted by Crippen LogP contribution is 2.30. The molecule has 2 nitrogen and oxygen atoms in total. The molecular formula is C12H24N2S. The van der Waals surface area contributed by atoms with Crippen molar-refractivity contribution in [2.24, 2.45) is 0 Å². The minimum atomic E-state index is 0.786. The fourth-order valence-corrected chi connectivity index (χ4v) is 4.03. The van der Waals surface area contributed by atoms with Crippen LogP contribution in [-0.4, -0.2) is 36.2 Å². The molecule has 2 fully saturated rings. The van der Waals surface area contributed by atoms with Crippen molar-refractivity contribution in [2.75, 3.05) is 18.8 Å². The van der Waals surface area contributed by atoms with Gasteiger partial charge in [-0.2, -0.15) is 11.8 Å². The van der Waals surface area contributed by atoms with Gasteiger partial charge in [-0.3, -0.25) is 0 Å². The van der Waals surface area contributed by atoms with E-state index in [1.807, 2.05) is 0 Å². The maximum absolute atomic E-state index is 3.89. The van der Waals surface area contributed by atoms with Gasteiger partial charge in [0.2, 0.25) is 0 Å². The van der Waals surface area contributed by atoms with Gasteiger partial charge in [0.25, 0.3) is 0 Å². The second kappa shape index (κ2) is 6.12. The number of hydrogen-bond acceptors (Lipinski definition) is 3. The molecule has 0 aromatic carbocycles. The Bertz CT molecular complexity index is 180. The van der Waals surface area contributed by atoms with Crippen LogP contribution in [0.1, 0.15) is 39.0 Å². The highest BCUT2D eigenvalue weighted by atomic mass is 32.2. The van der Waals surface area contributed by atoms with Crippen molar-refractivity contribution in [2.45, 2.75) is 56.4 Å². The average Bonchev–Trinajstić information content (AvgIpc) is 2.68. The van der Waals surface area contributed by atoms with Gasteiger partial charge in [0.05, 0.1) is 0 Å². The van der Waals surface area contributed by atoms with E-state index in [-0.39, 0.29) is 0 Å². The van der Waals surface area contributed by atoms with Crippen LogP contribution in [0.3, 0.4) is 0 Å². The van der Waals surface area contributed by atoms with Crippen LogP contribution in [0.5, 0.6) is 0 Å². The lowest BCUT2D eigenvalue weighted by Crippen LogP contribution is -2.46. The van der Waals surface area contributed by atoms with E-state index in [1.165, 1.54) is 50.9 Å². The molecule has 88 valence electrons. The molecule has 0 aromatic rings. The van der Waals surface area contributed by atoms with Gasteiger partial charge < -0.3 is 10.6 Å². The fraction of sp³-hybridized carbons (Fsp3) is 1.00. The third-order valence-corrected chi connectivity index (χ3v) is 4.95. The van der Waals surface area contributed by atoms with Crippen molar-refractivity contribution in [3.05, 3.63) is 0 Å². The van der Waals surface area contributed by atoms with Crippen LogP contribution in [0.4, 0.5) is 0 Å². The standard InChI is InChI=1S/C12H24N2S/c1-2-15-12-5-3-4-11(12)14-10-6-8-13-9-7-10/h10-14H,2-9H2,1H3. The van der Waals surface area contributed by atoms with Gasteiger partial charge in [0.1, 0.15) is 0 Å². The van der Waals surface area contributed by atoms with Gasteiger partial charge in [-0.15, -0.1) is 0 Å². The van der Waals surface area contributed by atoms with E-state index in [1.54, 1.807) is 0 Å². The summed E-state index contributed by atoms with van der Waals surface area (Å²) >= 11 is 2.16. The van der Waals surface area contributed by atoms with Crippen LogP contribution in [0.2, 0.25) is 0 Å². The van der Waals surface area contributed by atoms with Crippen LogP contribution < -0.4 is 10.6 Å². The molecule has 0 aromatic heterocycles. The molecule has 2 unspecified atom stereocenters. The van der Waals surface area contributed by atoms with Crippen LogP contribution in [0.25, 0.3) is 0 Å². The maximum atomic E-state index is 3.89. The summed E-state index contributed by atoms with van der Waals surface area (Å²) < 4.78 is 0. The smallest absolute Gasteiger partial charge is 0.0201 e. The fourth-order valence-electron chi connectivity index (χ4n) is 2.82. The van der Waals surface area contributed by atoms with E-state index in [2.05, 4.69) is 29.3 Å². The topological polar surface area (TPSA) is 24.1 Å². The van der Waals surface area contributed by atoms with Crippen molar-refractivity contribution >= 4 is 11.8 Å². The molecule has 2 atom stereocenters. The molecule has 0 radical (unpaired) electrons. The molecule has 2 N–H and O–H groups in total. The molecular weight excluding hydrogens is 204 g/mol. The molecule has 1 saturated heterocycles. The second-order valence-corrected chi connectivity index (χ2v) is 6.24. The summed E-state index contributed by atoms with van der Waals surface area (Å²) in [7, 11) is 0. The Labute approximate surface area is 98.0 Å². The third kappa shape index (κ3) is 3.36. The lowest BCUT2D eigenvalue weighted by atomic mass is 10.1. The zero-order valence-corrected chi connectivity index (χ0v) is 10.6. The molecule has 1 aliphatic heterocycles. The van der Waals surface area contributed by atoms with Crippen molar-refractivity contribution in [1.29, 1.82) is 0 Å². The summed E-state index contributed by atoms with van der Waals surface area (Å²) in [6.45, 7) is 4.69. The zero-order valence-electron chi connectivity index (χ0n) is 9.80. The molecule has 0 bridgehead atoms. The van der Waals surface area contributed by atoms with E-state index in [4.69, 9.17) is 0 Å². The van der Waals surface area contributed by atoms with Crippen LogP contribution >= 0.6 is 11.8 Å². The highest BCUT2D eigenvalue weighted by Gasteiger charge is 2.29. The van der Waals surface area contributed by atoms with Gasteiger partial charge >= 0.3 is 0 Å². The lowest BCUT2D eigenvalue weighted by molar-refractivity contribution is 0.351. The van der Waals surface area contributed by atoms with Gasteiger partial charge in [-0.1, -0.05) is 13.3 Å². The lowest BCUT2D eigenvalue weighted by Gasteiger charge is -2.29. The van der Waals surface area contributed by atoms with Gasteiger partial charge in [0.15, 0.2) is 0 Å². The molecule has 3 heteroatoms. The molecule has 1 saturated carbocycles. The first-order chi connectivity index (χ1) is 7.40. The number of hydrogen-bond donors (Lipinski definition) is 2. The molecule has 0 spiro atoms. The predicted octanol–water partition coefficient (Wildman–Crippen LogP) is 2.00. The van der Waals surface area contributed by atoms with Crippen LogP contribution in [0.15, 0.2) is 0 Å². The molecule has 1 aliphatic carbocycles. The third-order valence-electron chi connectivity index (χ3n) is 3.62. The van der Waals surface area contributed by atoms with Crippen LogP contribution in [0, 0.1) is 0 Å². The average molecular weight is 228 g/mol. The summed E-state index contributed by atoms with van der Waals surface area (Å²) in [6, 6.07) is 1.59. The van der Waals surface area contributed by atoms with E-state index in [9.17, 15) is 0 Å². The van der Waals surface area contributed by atoms with Crippen molar-refractivity contribution in [3.63, 3.8) is 0 Å². The quantitative estimate of drug-likeness (QED) is 0.769.